The van der Waals surface area contributed by atoms with Crippen LogP contribution in [0.3, 0.4) is 0 Å². The molecule has 0 aliphatic heterocycles. The maximum Gasteiger partial charge on any atom is 2.00 e. The molecule has 0 rings (SSSR count). The first-order valence-corrected chi connectivity index (χ1v) is 8.36. The van der Waals surface area contributed by atoms with Crippen molar-refractivity contribution in [2.45, 2.75) is 79.1 Å². The van der Waals surface area contributed by atoms with Crippen molar-refractivity contribution in [3.8, 4) is 0 Å². The minimum absolute atomic E-state index is 0. The molecule has 6 nitrogen and oxygen atoms in total. The molecule has 0 fully saturated rings. The molecule has 0 saturated heterocycles. The number of nitrogens with one attached hydrogen (secondary N) is 2. The number of hydrogen-bond donors (Lipinski definition) is 2. The number of carbonyl (C=O) groups excluding carboxylic acids is 2. The molecule has 0 heterocycles. The summed E-state index contributed by atoms with van der Waals surface area (Å²) in [5, 5.41) is 31.9. The van der Waals surface area contributed by atoms with Crippen molar-refractivity contribution in [1.82, 2.24) is 0 Å². The summed E-state index contributed by atoms with van der Waals surface area (Å²) >= 11 is 0. The largest absolute Gasteiger partial charge is 2.00 e. The zero-order valence-electron chi connectivity index (χ0n) is 15.4. The Kier molecular flexibility index (Phi) is 31.4. The SMILES string of the molecule is CCCCC(CC)C(=O)[O-].CCCCC(CC)C(=O)[O-].N=C=N.[Sn+2]. The molecule has 0 bridgehead atoms. The van der Waals surface area contributed by atoms with E-state index >= 15 is 0 Å². The van der Waals surface area contributed by atoms with E-state index in [0.29, 0.717) is 12.8 Å². The summed E-state index contributed by atoms with van der Waals surface area (Å²) in [5.41, 5.74) is 0. The topological polar surface area (TPSA) is 128 Å². The molecule has 0 aliphatic rings. The number of unbranched alkanes of at least 4 members (excludes halogenated alkanes) is 2. The van der Waals surface area contributed by atoms with Gasteiger partial charge in [0.1, 0.15) is 0 Å². The molecule has 24 heavy (non-hydrogen) atoms. The first kappa shape index (κ1) is 30.9. The van der Waals surface area contributed by atoms with Crippen molar-refractivity contribution < 1.29 is 19.8 Å². The number of carbonyl (C=O) groups is 2. The summed E-state index contributed by atoms with van der Waals surface area (Å²) in [4.78, 5) is 20.7. The third kappa shape index (κ3) is 23.4. The van der Waals surface area contributed by atoms with Gasteiger partial charge in [-0.1, -0.05) is 53.4 Å². The standard InChI is InChI=1S/2C8H16O2.CH2N2.Sn/c2*1-3-5-6-7(4-2)8(9)10;2-1-3;/h2*7H,3-6H2,1-2H3,(H,9,10);2-3H;/q;;;+2/p-2. The van der Waals surface area contributed by atoms with Gasteiger partial charge in [0.05, 0.1) is 6.01 Å². The Morgan fingerprint density at radius 1 is 0.833 bits per heavy atom. The minimum Gasteiger partial charge on any atom is -0.550 e. The summed E-state index contributed by atoms with van der Waals surface area (Å²) in [6.07, 6.45) is 7.04. The maximum absolute atomic E-state index is 10.3. The van der Waals surface area contributed by atoms with E-state index in [1.807, 2.05) is 13.8 Å². The van der Waals surface area contributed by atoms with Gasteiger partial charge in [0.15, 0.2) is 0 Å². The van der Waals surface area contributed by atoms with Gasteiger partial charge in [0.25, 0.3) is 0 Å². The zero-order chi connectivity index (χ0) is 18.7. The quantitative estimate of drug-likeness (QED) is 0.391. The fourth-order valence-electron chi connectivity index (χ4n) is 1.88. The van der Waals surface area contributed by atoms with Crippen molar-refractivity contribution in [3.63, 3.8) is 0 Å². The summed E-state index contributed by atoms with van der Waals surface area (Å²) in [5.74, 6) is -2.23. The van der Waals surface area contributed by atoms with Gasteiger partial charge in [-0.2, -0.15) is 0 Å². The Hall–Kier alpha value is -0.881. The Morgan fingerprint density at radius 3 is 1.21 bits per heavy atom. The summed E-state index contributed by atoms with van der Waals surface area (Å²) < 4.78 is 0. The fourth-order valence-corrected chi connectivity index (χ4v) is 1.88. The van der Waals surface area contributed by atoms with E-state index < -0.39 is 11.9 Å². The van der Waals surface area contributed by atoms with Crippen LogP contribution in [-0.4, -0.2) is 41.9 Å². The molecule has 0 saturated carbocycles. The predicted molar refractivity (Wildman–Crippen MR) is 92.8 cm³/mol. The van der Waals surface area contributed by atoms with Crippen molar-refractivity contribution >= 4 is 41.9 Å². The van der Waals surface area contributed by atoms with E-state index in [4.69, 9.17) is 10.8 Å². The van der Waals surface area contributed by atoms with Gasteiger partial charge >= 0.3 is 23.9 Å². The third-order valence-electron chi connectivity index (χ3n) is 3.46. The van der Waals surface area contributed by atoms with Crippen molar-refractivity contribution in [2.24, 2.45) is 11.8 Å². The van der Waals surface area contributed by atoms with E-state index in [9.17, 15) is 19.8 Å². The first-order valence-electron chi connectivity index (χ1n) is 8.36. The van der Waals surface area contributed by atoms with Crippen LogP contribution in [-0.2, 0) is 9.59 Å². The number of carboxylic acid groups (broad SMARTS) is 2. The average Bonchev–Trinajstić information content (AvgIpc) is 2.49. The monoisotopic (exact) mass is 448 g/mol. The molecular weight excluding hydrogens is 415 g/mol. The molecule has 0 amide bonds. The van der Waals surface area contributed by atoms with E-state index in [0.717, 1.165) is 38.5 Å². The second-order valence-electron chi connectivity index (χ2n) is 5.26. The molecule has 138 valence electrons. The van der Waals surface area contributed by atoms with E-state index in [1.54, 1.807) is 0 Å². The normalized spacial score (nSPS) is 11.2. The molecule has 0 aliphatic carbocycles. The number of hydrogen-bond acceptors (Lipinski definition) is 6. The Labute approximate surface area is 163 Å². The predicted octanol–water partition coefficient (Wildman–Crippen LogP) is 1.84. The molecule has 0 spiro atoms. The molecule has 2 atom stereocenters. The van der Waals surface area contributed by atoms with Crippen LogP contribution in [0.15, 0.2) is 0 Å². The number of rotatable bonds is 10. The molecule has 0 aromatic carbocycles. The van der Waals surface area contributed by atoms with Crippen LogP contribution in [0.4, 0.5) is 0 Å². The van der Waals surface area contributed by atoms with Crippen molar-refractivity contribution in [1.29, 1.82) is 10.8 Å². The van der Waals surface area contributed by atoms with Crippen LogP contribution in [0.2, 0.25) is 0 Å². The van der Waals surface area contributed by atoms with Gasteiger partial charge in [0, 0.05) is 11.9 Å². The van der Waals surface area contributed by atoms with Crippen molar-refractivity contribution in [3.05, 3.63) is 0 Å². The minimum atomic E-state index is -0.893. The van der Waals surface area contributed by atoms with Crippen molar-refractivity contribution in [2.75, 3.05) is 0 Å². The molecule has 0 aromatic rings. The van der Waals surface area contributed by atoms with Crippen LogP contribution < -0.4 is 10.2 Å². The van der Waals surface area contributed by atoms with Gasteiger partial charge in [-0.05, 0) is 37.5 Å². The van der Waals surface area contributed by atoms with Gasteiger partial charge in [-0.15, -0.1) is 0 Å². The number of carboxylic acids is 2. The maximum atomic E-state index is 10.3. The van der Waals surface area contributed by atoms with Crippen LogP contribution in [0, 0.1) is 22.7 Å². The fraction of sp³-hybridized carbons (Fsp3) is 0.824. The van der Waals surface area contributed by atoms with E-state index in [-0.39, 0.29) is 35.7 Å². The zero-order valence-corrected chi connectivity index (χ0v) is 18.3. The molecule has 2 radical (unpaired) electrons. The summed E-state index contributed by atoms with van der Waals surface area (Å²) in [6, 6.07) is 1.25. The molecule has 7 heteroatoms. The van der Waals surface area contributed by atoms with E-state index in [1.165, 1.54) is 6.01 Å². The van der Waals surface area contributed by atoms with Gasteiger partial charge in [-0.25, -0.2) is 10.8 Å². The average molecular weight is 447 g/mol. The van der Waals surface area contributed by atoms with E-state index in [2.05, 4.69) is 13.8 Å². The van der Waals surface area contributed by atoms with Gasteiger partial charge < -0.3 is 19.8 Å². The second-order valence-corrected chi connectivity index (χ2v) is 5.26. The summed E-state index contributed by atoms with van der Waals surface area (Å²) in [7, 11) is 0. The van der Waals surface area contributed by atoms with Gasteiger partial charge in [0.2, 0.25) is 0 Å². The summed E-state index contributed by atoms with van der Waals surface area (Å²) in [6.45, 7) is 7.89. The Morgan fingerprint density at radius 2 is 1.08 bits per heavy atom. The van der Waals surface area contributed by atoms with Gasteiger partial charge in [-0.3, -0.25) is 0 Å². The van der Waals surface area contributed by atoms with Crippen LogP contribution in [0.5, 0.6) is 0 Å². The van der Waals surface area contributed by atoms with Crippen LogP contribution in [0.25, 0.3) is 0 Å². The number of aliphatic carboxylic acids is 2. The third-order valence-corrected chi connectivity index (χ3v) is 3.46. The Balaban J connectivity index is -0.000000138. The van der Waals surface area contributed by atoms with Crippen LogP contribution in [0.1, 0.15) is 79.1 Å². The first-order chi connectivity index (χ1) is 10.9. The van der Waals surface area contributed by atoms with Crippen LogP contribution >= 0.6 is 0 Å². The molecule has 0 aromatic heterocycles. The second kappa shape index (κ2) is 24.4. The molecule has 2 unspecified atom stereocenters. The molecular formula is C17H32N2O4Sn. The Bertz CT molecular complexity index is 307. The molecule has 2 N–H and O–H groups in total. The smallest absolute Gasteiger partial charge is 0.550 e.